The van der Waals surface area contributed by atoms with Crippen LogP contribution in [0.1, 0.15) is 25.7 Å². The highest BCUT2D eigenvalue weighted by atomic mass is 16.3. The smallest absolute Gasteiger partial charge is 0.0637 e. The molecule has 0 amide bonds. The average Bonchev–Trinajstić information content (AvgIpc) is 2.08. The molecule has 0 aliphatic heterocycles. The third-order valence-corrected chi connectivity index (χ3v) is 3.45. The van der Waals surface area contributed by atoms with Crippen LogP contribution in [0, 0.1) is 11.3 Å². The Balaban J connectivity index is 2.20. The molecule has 0 radical (unpaired) electrons. The minimum atomic E-state index is -0.214. The van der Waals surface area contributed by atoms with Crippen molar-refractivity contribution in [3.63, 3.8) is 0 Å². The lowest BCUT2D eigenvalue weighted by Gasteiger charge is -2.45. The molecular weight excluding hydrogens is 152 g/mol. The molecule has 0 aromatic carbocycles. The molecule has 2 heteroatoms. The second kappa shape index (κ2) is 2.86. The van der Waals surface area contributed by atoms with E-state index in [1.54, 1.807) is 0 Å². The van der Waals surface area contributed by atoms with Crippen LogP contribution in [0.5, 0.6) is 0 Å². The standard InChI is InChI=1S/C10H16O2/c11-6-5-10-3-1-8(2-4-10)7-9(10)12/h1,3,8-9,11-12H,2,4-7H2. The van der Waals surface area contributed by atoms with Crippen molar-refractivity contribution in [1.82, 2.24) is 0 Å². The molecule has 3 rings (SSSR count). The van der Waals surface area contributed by atoms with Crippen LogP contribution in [0.2, 0.25) is 0 Å². The Morgan fingerprint density at radius 1 is 1.50 bits per heavy atom. The predicted molar refractivity (Wildman–Crippen MR) is 46.6 cm³/mol. The highest BCUT2D eigenvalue weighted by Gasteiger charge is 2.42. The molecule has 3 unspecified atom stereocenters. The number of fused-ring (bicyclic) bond motifs is 2. The van der Waals surface area contributed by atoms with Crippen LogP contribution in [0.25, 0.3) is 0 Å². The predicted octanol–water partition coefficient (Wildman–Crippen LogP) is 1.09. The molecule has 3 aliphatic carbocycles. The maximum absolute atomic E-state index is 9.82. The van der Waals surface area contributed by atoms with E-state index in [0.717, 1.165) is 19.3 Å². The first-order valence-corrected chi connectivity index (χ1v) is 4.75. The summed E-state index contributed by atoms with van der Waals surface area (Å²) in [5.41, 5.74) is -0.0799. The Labute approximate surface area is 72.9 Å². The largest absolute Gasteiger partial charge is 0.396 e. The van der Waals surface area contributed by atoms with E-state index >= 15 is 0 Å². The zero-order valence-electron chi connectivity index (χ0n) is 7.24. The molecule has 0 aromatic rings. The van der Waals surface area contributed by atoms with E-state index in [0.29, 0.717) is 5.92 Å². The number of hydrogen-bond acceptors (Lipinski definition) is 2. The van der Waals surface area contributed by atoms with Gasteiger partial charge in [-0.2, -0.15) is 0 Å². The number of aliphatic hydroxyl groups excluding tert-OH is 2. The molecule has 1 saturated carbocycles. The molecule has 68 valence electrons. The molecule has 0 saturated heterocycles. The van der Waals surface area contributed by atoms with Gasteiger partial charge in [0.1, 0.15) is 0 Å². The minimum absolute atomic E-state index is 0.0799. The van der Waals surface area contributed by atoms with Crippen LogP contribution in [0.15, 0.2) is 12.2 Å². The summed E-state index contributed by atoms with van der Waals surface area (Å²) in [6.45, 7) is 0.187. The van der Waals surface area contributed by atoms with Gasteiger partial charge in [0, 0.05) is 12.0 Å². The Morgan fingerprint density at radius 2 is 2.33 bits per heavy atom. The second-order valence-corrected chi connectivity index (χ2v) is 4.12. The monoisotopic (exact) mass is 168 g/mol. The van der Waals surface area contributed by atoms with Crippen LogP contribution in [0.4, 0.5) is 0 Å². The van der Waals surface area contributed by atoms with Gasteiger partial charge >= 0.3 is 0 Å². The van der Waals surface area contributed by atoms with Gasteiger partial charge in [-0.05, 0) is 31.6 Å². The maximum Gasteiger partial charge on any atom is 0.0637 e. The van der Waals surface area contributed by atoms with Crippen molar-refractivity contribution in [2.45, 2.75) is 31.8 Å². The van der Waals surface area contributed by atoms with Crippen LogP contribution in [0.3, 0.4) is 0 Å². The van der Waals surface area contributed by atoms with Gasteiger partial charge in [0.2, 0.25) is 0 Å². The summed E-state index contributed by atoms with van der Waals surface area (Å²) in [6.07, 6.45) is 7.99. The van der Waals surface area contributed by atoms with E-state index in [-0.39, 0.29) is 18.1 Å². The van der Waals surface area contributed by atoms with Gasteiger partial charge in [-0.15, -0.1) is 0 Å². The van der Waals surface area contributed by atoms with Crippen molar-refractivity contribution < 1.29 is 10.2 Å². The van der Waals surface area contributed by atoms with Crippen molar-refractivity contribution in [3.05, 3.63) is 12.2 Å². The fourth-order valence-electron chi connectivity index (χ4n) is 2.54. The zero-order chi connectivity index (χ0) is 8.60. The van der Waals surface area contributed by atoms with Crippen molar-refractivity contribution in [3.8, 4) is 0 Å². The van der Waals surface area contributed by atoms with Gasteiger partial charge in [-0.25, -0.2) is 0 Å². The summed E-state index contributed by atoms with van der Waals surface area (Å²) in [5, 5.41) is 18.7. The summed E-state index contributed by atoms with van der Waals surface area (Å²) in [5.74, 6) is 0.598. The van der Waals surface area contributed by atoms with Gasteiger partial charge in [0.05, 0.1) is 6.10 Å². The van der Waals surface area contributed by atoms with E-state index in [9.17, 15) is 5.11 Å². The first-order valence-electron chi connectivity index (χ1n) is 4.75. The lowest BCUT2D eigenvalue weighted by atomic mass is 9.62. The number of hydrogen-bond donors (Lipinski definition) is 2. The first-order chi connectivity index (χ1) is 5.77. The average molecular weight is 168 g/mol. The van der Waals surface area contributed by atoms with E-state index in [4.69, 9.17) is 5.11 Å². The third-order valence-electron chi connectivity index (χ3n) is 3.45. The minimum Gasteiger partial charge on any atom is -0.396 e. The van der Waals surface area contributed by atoms with Gasteiger partial charge in [0.25, 0.3) is 0 Å². The Morgan fingerprint density at radius 3 is 2.83 bits per heavy atom. The van der Waals surface area contributed by atoms with Gasteiger partial charge in [0.15, 0.2) is 0 Å². The molecule has 3 atom stereocenters. The molecule has 0 heterocycles. The molecule has 0 spiro atoms. The second-order valence-electron chi connectivity index (χ2n) is 4.12. The Bertz CT molecular complexity index is 200. The molecule has 1 fully saturated rings. The molecular formula is C10H16O2. The number of aliphatic hydroxyl groups is 2. The number of rotatable bonds is 2. The van der Waals surface area contributed by atoms with Crippen LogP contribution >= 0.6 is 0 Å². The number of allylic oxidation sites excluding steroid dienone is 1. The normalized spacial score (nSPS) is 45.2. The van der Waals surface area contributed by atoms with Crippen molar-refractivity contribution >= 4 is 0 Å². The third kappa shape index (κ3) is 1.10. The van der Waals surface area contributed by atoms with E-state index in [1.165, 1.54) is 6.42 Å². The summed E-state index contributed by atoms with van der Waals surface area (Å²) in [7, 11) is 0. The highest BCUT2D eigenvalue weighted by Crippen LogP contribution is 2.47. The van der Waals surface area contributed by atoms with Crippen molar-refractivity contribution in [1.29, 1.82) is 0 Å². The quantitative estimate of drug-likeness (QED) is 0.606. The molecule has 3 aliphatic rings. The maximum atomic E-state index is 9.82. The highest BCUT2D eigenvalue weighted by molar-refractivity contribution is 5.14. The van der Waals surface area contributed by atoms with E-state index in [1.807, 2.05) is 0 Å². The van der Waals surface area contributed by atoms with Crippen LogP contribution in [-0.2, 0) is 0 Å². The van der Waals surface area contributed by atoms with Gasteiger partial charge in [-0.3, -0.25) is 0 Å². The lowest BCUT2D eigenvalue weighted by Crippen LogP contribution is -2.43. The zero-order valence-corrected chi connectivity index (χ0v) is 7.24. The molecule has 2 bridgehead atoms. The first kappa shape index (κ1) is 8.27. The fourth-order valence-corrected chi connectivity index (χ4v) is 2.54. The Kier molecular flexibility index (Phi) is 1.97. The van der Waals surface area contributed by atoms with Crippen molar-refractivity contribution in [2.24, 2.45) is 11.3 Å². The summed E-state index contributed by atoms with van der Waals surface area (Å²) in [4.78, 5) is 0. The molecule has 2 nitrogen and oxygen atoms in total. The van der Waals surface area contributed by atoms with Crippen LogP contribution in [-0.4, -0.2) is 22.9 Å². The summed E-state index contributed by atoms with van der Waals surface area (Å²) >= 11 is 0. The fraction of sp³-hybridized carbons (Fsp3) is 0.800. The van der Waals surface area contributed by atoms with Gasteiger partial charge < -0.3 is 10.2 Å². The molecule has 0 aromatic heterocycles. The topological polar surface area (TPSA) is 40.5 Å². The summed E-state index contributed by atoms with van der Waals surface area (Å²) in [6, 6.07) is 0. The molecule has 2 N–H and O–H groups in total. The van der Waals surface area contributed by atoms with Gasteiger partial charge in [-0.1, -0.05) is 12.2 Å². The van der Waals surface area contributed by atoms with Crippen molar-refractivity contribution in [2.75, 3.05) is 6.61 Å². The molecule has 12 heavy (non-hydrogen) atoms. The van der Waals surface area contributed by atoms with E-state index < -0.39 is 0 Å². The van der Waals surface area contributed by atoms with Crippen LogP contribution < -0.4 is 0 Å². The SMILES string of the molecule is OCCC12C=CC(CC1)CC2O. The summed E-state index contributed by atoms with van der Waals surface area (Å²) < 4.78 is 0. The lowest BCUT2D eigenvalue weighted by molar-refractivity contribution is -0.0171. The Hall–Kier alpha value is -0.340. The van der Waals surface area contributed by atoms with E-state index in [2.05, 4.69) is 12.2 Å².